The molecule has 19 heavy (non-hydrogen) atoms. The zero-order valence-electron chi connectivity index (χ0n) is 9.77. The van der Waals surface area contributed by atoms with Gasteiger partial charge in [-0.25, -0.2) is 9.59 Å². The van der Waals surface area contributed by atoms with E-state index in [9.17, 15) is 30.0 Å². The second-order valence-electron chi connectivity index (χ2n) is 3.65. The number of phenols is 2. The summed E-state index contributed by atoms with van der Waals surface area (Å²) in [4.78, 5) is 21.7. The Morgan fingerprint density at radius 1 is 1.16 bits per heavy atom. The molecule has 0 radical (unpaired) electrons. The van der Waals surface area contributed by atoms with Gasteiger partial charge in [0.1, 0.15) is 17.6 Å². The Morgan fingerprint density at radius 2 is 1.63 bits per heavy atom. The smallest absolute Gasteiger partial charge is 0.337 e. The van der Waals surface area contributed by atoms with Gasteiger partial charge >= 0.3 is 11.9 Å². The second kappa shape index (κ2) is 5.55. The summed E-state index contributed by atoms with van der Waals surface area (Å²) < 4.78 is 4.19. The van der Waals surface area contributed by atoms with E-state index in [0.717, 1.165) is 19.2 Å². The third kappa shape index (κ3) is 2.92. The molecule has 0 aliphatic rings. The molecule has 0 spiro atoms. The highest BCUT2D eigenvalue weighted by Gasteiger charge is 2.31. The zero-order valence-corrected chi connectivity index (χ0v) is 9.77. The van der Waals surface area contributed by atoms with Crippen LogP contribution in [0.5, 0.6) is 11.5 Å². The number of phenolic OH excluding ortho intramolecular Hbond substituents is 2. The maximum atomic E-state index is 11.0. The SMILES string of the molecule is COC(=O)C(O)C(O)c1c(O)cc(C(=O)O)cc1O. The van der Waals surface area contributed by atoms with Gasteiger partial charge in [-0.1, -0.05) is 0 Å². The van der Waals surface area contributed by atoms with Gasteiger partial charge in [0.15, 0.2) is 6.10 Å². The topological polar surface area (TPSA) is 145 Å². The molecule has 0 heterocycles. The summed E-state index contributed by atoms with van der Waals surface area (Å²) in [5.74, 6) is -4.12. The summed E-state index contributed by atoms with van der Waals surface area (Å²) >= 11 is 0. The van der Waals surface area contributed by atoms with E-state index < -0.39 is 46.8 Å². The largest absolute Gasteiger partial charge is 0.507 e. The molecule has 0 amide bonds. The number of carbonyl (C=O) groups excluding carboxylic acids is 1. The molecule has 0 saturated carbocycles. The minimum absolute atomic E-state index is 0.418. The third-order valence-corrected chi connectivity index (χ3v) is 2.42. The molecule has 2 unspecified atom stereocenters. The molecule has 0 aromatic heterocycles. The van der Waals surface area contributed by atoms with Crippen molar-refractivity contribution in [1.82, 2.24) is 0 Å². The van der Waals surface area contributed by atoms with Crippen LogP contribution in [0.2, 0.25) is 0 Å². The molecule has 0 aliphatic carbocycles. The third-order valence-electron chi connectivity index (χ3n) is 2.42. The lowest BCUT2D eigenvalue weighted by molar-refractivity contribution is -0.156. The fourth-order valence-electron chi connectivity index (χ4n) is 1.46. The van der Waals surface area contributed by atoms with Crippen molar-refractivity contribution >= 4 is 11.9 Å². The first kappa shape index (κ1) is 14.7. The number of benzene rings is 1. The van der Waals surface area contributed by atoms with Crippen LogP contribution in [-0.4, -0.2) is 50.7 Å². The zero-order chi connectivity index (χ0) is 14.7. The van der Waals surface area contributed by atoms with Gasteiger partial charge in [-0.15, -0.1) is 0 Å². The van der Waals surface area contributed by atoms with Crippen LogP contribution in [-0.2, 0) is 9.53 Å². The van der Waals surface area contributed by atoms with Gasteiger partial charge in [-0.3, -0.25) is 0 Å². The van der Waals surface area contributed by atoms with Gasteiger partial charge in [-0.2, -0.15) is 0 Å². The molecular formula is C11H12O8. The van der Waals surface area contributed by atoms with E-state index >= 15 is 0 Å². The Morgan fingerprint density at radius 3 is 2.00 bits per heavy atom. The maximum Gasteiger partial charge on any atom is 0.337 e. The molecule has 2 atom stereocenters. The average molecular weight is 272 g/mol. The van der Waals surface area contributed by atoms with Crippen molar-refractivity contribution in [2.75, 3.05) is 7.11 Å². The van der Waals surface area contributed by atoms with Crippen LogP contribution < -0.4 is 0 Å². The van der Waals surface area contributed by atoms with Gasteiger partial charge in [0.2, 0.25) is 0 Å². The number of esters is 1. The number of rotatable bonds is 4. The number of carbonyl (C=O) groups is 2. The molecule has 1 aromatic carbocycles. The second-order valence-corrected chi connectivity index (χ2v) is 3.65. The van der Waals surface area contributed by atoms with E-state index in [1.165, 1.54) is 0 Å². The normalized spacial score (nSPS) is 13.6. The van der Waals surface area contributed by atoms with Crippen LogP contribution in [0.3, 0.4) is 0 Å². The Balaban J connectivity index is 3.21. The fraction of sp³-hybridized carbons (Fsp3) is 0.273. The highest BCUT2D eigenvalue weighted by atomic mass is 16.5. The lowest BCUT2D eigenvalue weighted by Crippen LogP contribution is -2.29. The molecule has 5 N–H and O–H groups in total. The number of aromatic hydroxyl groups is 2. The summed E-state index contributed by atoms with van der Waals surface area (Å²) in [5.41, 5.74) is -0.985. The lowest BCUT2D eigenvalue weighted by atomic mass is 10.00. The monoisotopic (exact) mass is 272 g/mol. The van der Waals surface area contributed by atoms with Crippen molar-refractivity contribution in [2.24, 2.45) is 0 Å². The summed E-state index contributed by atoms with van der Waals surface area (Å²) in [5, 5.41) is 46.9. The molecule has 0 saturated heterocycles. The summed E-state index contributed by atoms with van der Waals surface area (Å²) in [6.07, 6.45) is -3.99. The number of aromatic carboxylic acids is 1. The number of carboxylic acids is 1. The molecule has 0 bridgehead atoms. The predicted octanol–water partition coefficient (Wildman–Crippen LogP) is -0.637. The molecule has 0 aliphatic heterocycles. The number of hydrogen-bond acceptors (Lipinski definition) is 7. The molecule has 1 aromatic rings. The first-order valence-corrected chi connectivity index (χ1v) is 5.02. The van der Waals surface area contributed by atoms with Crippen molar-refractivity contribution in [2.45, 2.75) is 12.2 Å². The van der Waals surface area contributed by atoms with E-state index in [0.29, 0.717) is 0 Å². The van der Waals surface area contributed by atoms with E-state index in [2.05, 4.69) is 4.74 Å². The quantitative estimate of drug-likeness (QED) is 0.455. The lowest BCUT2D eigenvalue weighted by Gasteiger charge is -2.18. The summed E-state index contributed by atoms with van der Waals surface area (Å²) in [7, 11) is 0.978. The Hall–Kier alpha value is -2.32. The maximum absolute atomic E-state index is 11.0. The van der Waals surface area contributed by atoms with Crippen LogP contribution in [0.4, 0.5) is 0 Å². The van der Waals surface area contributed by atoms with Crippen molar-refractivity contribution in [3.63, 3.8) is 0 Å². The average Bonchev–Trinajstić information content (AvgIpc) is 2.35. The van der Waals surface area contributed by atoms with Crippen molar-refractivity contribution in [3.05, 3.63) is 23.3 Å². The van der Waals surface area contributed by atoms with Crippen molar-refractivity contribution in [1.29, 1.82) is 0 Å². The highest BCUT2D eigenvalue weighted by molar-refractivity contribution is 5.89. The van der Waals surface area contributed by atoms with E-state index in [4.69, 9.17) is 5.11 Å². The molecule has 104 valence electrons. The van der Waals surface area contributed by atoms with Crippen LogP contribution in [0.15, 0.2) is 12.1 Å². The van der Waals surface area contributed by atoms with E-state index in [1.807, 2.05) is 0 Å². The number of methoxy groups -OCH3 is 1. The first-order valence-electron chi connectivity index (χ1n) is 5.02. The Bertz CT molecular complexity index is 486. The minimum atomic E-state index is -2.03. The van der Waals surface area contributed by atoms with Gasteiger partial charge < -0.3 is 30.3 Å². The van der Waals surface area contributed by atoms with Gasteiger partial charge in [-0.05, 0) is 12.1 Å². The number of ether oxygens (including phenoxy) is 1. The highest BCUT2D eigenvalue weighted by Crippen LogP contribution is 2.35. The van der Waals surface area contributed by atoms with Crippen LogP contribution in [0.25, 0.3) is 0 Å². The number of hydrogen-bond donors (Lipinski definition) is 5. The van der Waals surface area contributed by atoms with Crippen LogP contribution in [0.1, 0.15) is 22.0 Å². The molecular weight excluding hydrogens is 260 g/mol. The molecule has 1 rings (SSSR count). The van der Waals surface area contributed by atoms with E-state index in [1.54, 1.807) is 0 Å². The van der Waals surface area contributed by atoms with Crippen molar-refractivity contribution < 1.29 is 39.9 Å². The summed E-state index contributed by atoms with van der Waals surface area (Å²) in [6.45, 7) is 0. The number of aliphatic hydroxyl groups is 2. The first-order chi connectivity index (χ1) is 8.79. The fourth-order valence-corrected chi connectivity index (χ4v) is 1.46. The molecule has 8 heteroatoms. The van der Waals surface area contributed by atoms with Crippen LogP contribution >= 0.6 is 0 Å². The van der Waals surface area contributed by atoms with E-state index in [-0.39, 0.29) is 0 Å². The standard InChI is InChI=1S/C11H12O8/c1-19-11(18)9(15)8(14)7-5(12)2-4(10(16)17)3-6(7)13/h2-3,8-9,12-15H,1H3,(H,16,17). The van der Waals surface area contributed by atoms with Gasteiger partial charge in [0.25, 0.3) is 0 Å². The Kier molecular flexibility index (Phi) is 4.30. The Labute approximate surface area is 107 Å². The van der Waals surface area contributed by atoms with Crippen LogP contribution in [0, 0.1) is 0 Å². The van der Waals surface area contributed by atoms with Gasteiger partial charge in [0, 0.05) is 0 Å². The van der Waals surface area contributed by atoms with Crippen molar-refractivity contribution in [3.8, 4) is 11.5 Å². The van der Waals surface area contributed by atoms with Gasteiger partial charge in [0.05, 0.1) is 18.2 Å². The minimum Gasteiger partial charge on any atom is -0.507 e. The summed E-state index contributed by atoms with van der Waals surface area (Å²) in [6, 6.07) is 1.54. The number of aliphatic hydroxyl groups excluding tert-OH is 2. The number of carboxylic acid groups (broad SMARTS) is 1. The molecule has 0 fully saturated rings. The molecule has 8 nitrogen and oxygen atoms in total. The predicted molar refractivity (Wildman–Crippen MR) is 59.7 cm³/mol.